The first-order valence-corrected chi connectivity index (χ1v) is 5.90. The number of ether oxygens (including phenoxy) is 1. The van der Waals surface area contributed by atoms with E-state index < -0.39 is 0 Å². The van der Waals surface area contributed by atoms with Crippen LogP contribution in [0.25, 0.3) is 0 Å². The van der Waals surface area contributed by atoms with E-state index in [0.717, 1.165) is 19.3 Å². The maximum absolute atomic E-state index is 11.1. The van der Waals surface area contributed by atoms with E-state index in [9.17, 15) is 4.79 Å². The normalized spacial score (nSPS) is 11.2. The molecule has 0 aromatic heterocycles. The highest BCUT2D eigenvalue weighted by Crippen LogP contribution is 2.15. The van der Waals surface area contributed by atoms with Gasteiger partial charge in [0.05, 0.1) is 6.61 Å². The molecule has 0 heterocycles. The van der Waals surface area contributed by atoms with E-state index in [1.54, 1.807) is 0 Å². The summed E-state index contributed by atoms with van der Waals surface area (Å²) >= 11 is 0. The zero-order valence-corrected chi connectivity index (χ0v) is 10.4. The van der Waals surface area contributed by atoms with Crippen molar-refractivity contribution in [2.24, 2.45) is 5.92 Å². The van der Waals surface area contributed by atoms with Crippen LogP contribution in [-0.2, 0) is 9.53 Å². The van der Waals surface area contributed by atoms with Crippen LogP contribution in [0.3, 0.4) is 0 Å². The fourth-order valence-electron chi connectivity index (χ4n) is 1.31. The van der Waals surface area contributed by atoms with Gasteiger partial charge < -0.3 is 4.74 Å². The summed E-state index contributed by atoms with van der Waals surface area (Å²) in [5.74, 6) is 0.479. The number of esters is 1. The summed E-state index contributed by atoms with van der Waals surface area (Å²) in [6, 6.07) is 0. The van der Waals surface area contributed by atoms with Crippen LogP contribution in [0.1, 0.15) is 60.3 Å². The van der Waals surface area contributed by atoms with E-state index in [2.05, 4.69) is 13.8 Å². The Morgan fingerprint density at radius 1 is 1.21 bits per heavy atom. The van der Waals surface area contributed by atoms with Crippen molar-refractivity contribution in [1.29, 1.82) is 0 Å². The highest BCUT2D eigenvalue weighted by molar-refractivity contribution is 5.69. The predicted molar refractivity (Wildman–Crippen MR) is 61.3 cm³/mol. The van der Waals surface area contributed by atoms with Crippen molar-refractivity contribution in [3.05, 3.63) is 0 Å². The third-order valence-electron chi connectivity index (χ3n) is 2.03. The SMILES string of the molecule is CC.CCCC(CC)CC(=O)OCC. The van der Waals surface area contributed by atoms with Crippen LogP contribution in [0.2, 0.25) is 0 Å². The van der Waals surface area contributed by atoms with Crippen LogP contribution >= 0.6 is 0 Å². The Morgan fingerprint density at radius 2 is 1.79 bits per heavy atom. The lowest BCUT2D eigenvalue weighted by Gasteiger charge is -2.11. The van der Waals surface area contributed by atoms with Gasteiger partial charge in [-0.3, -0.25) is 4.79 Å². The van der Waals surface area contributed by atoms with Gasteiger partial charge in [0.2, 0.25) is 0 Å². The predicted octanol–water partition coefficient (Wildman–Crippen LogP) is 3.79. The number of carbonyl (C=O) groups is 1. The highest BCUT2D eigenvalue weighted by atomic mass is 16.5. The summed E-state index contributed by atoms with van der Waals surface area (Å²) in [4.78, 5) is 11.1. The van der Waals surface area contributed by atoms with Gasteiger partial charge in [0, 0.05) is 6.42 Å². The van der Waals surface area contributed by atoms with Gasteiger partial charge >= 0.3 is 5.97 Å². The molecule has 0 fully saturated rings. The zero-order chi connectivity index (χ0) is 11.4. The van der Waals surface area contributed by atoms with Crippen LogP contribution in [0.15, 0.2) is 0 Å². The molecule has 0 radical (unpaired) electrons. The average Bonchev–Trinajstić information content (AvgIpc) is 2.20. The first-order chi connectivity index (χ1) is 6.74. The van der Waals surface area contributed by atoms with Crippen molar-refractivity contribution in [1.82, 2.24) is 0 Å². The lowest BCUT2D eigenvalue weighted by molar-refractivity contribution is -0.144. The molecule has 0 amide bonds. The molecular formula is C12H26O2. The first kappa shape index (κ1) is 15.9. The molecule has 0 aromatic rings. The molecule has 2 nitrogen and oxygen atoms in total. The molecule has 0 saturated carbocycles. The largest absolute Gasteiger partial charge is 0.466 e. The number of hydrogen-bond donors (Lipinski definition) is 0. The Labute approximate surface area is 89.0 Å². The monoisotopic (exact) mass is 202 g/mol. The molecule has 0 bridgehead atoms. The molecule has 1 atom stereocenters. The van der Waals surface area contributed by atoms with Gasteiger partial charge in [0.15, 0.2) is 0 Å². The van der Waals surface area contributed by atoms with Gasteiger partial charge in [0.1, 0.15) is 0 Å². The number of hydrogen-bond acceptors (Lipinski definition) is 2. The maximum atomic E-state index is 11.1. The van der Waals surface area contributed by atoms with Crippen LogP contribution in [0.4, 0.5) is 0 Å². The van der Waals surface area contributed by atoms with E-state index in [1.165, 1.54) is 0 Å². The summed E-state index contributed by atoms with van der Waals surface area (Å²) < 4.78 is 4.88. The molecule has 2 heteroatoms. The minimum absolute atomic E-state index is 0.0437. The number of rotatable bonds is 6. The van der Waals surface area contributed by atoms with Gasteiger partial charge in [0.25, 0.3) is 0 Å². The smallest absolute Gasteiger partial charge is 0.306 e. The van der Waals surface area contributed by atoms with Gasteiger partial charge in [-0.1, -0.05) is 47.0 Å². The zero-order valence-electron chi connectivity index (χ0n) is 10.4. The fourth-order valence-corrected chi connectivity index (χ4v) is 1.31. The summed E-state index contributed by atoms with van der Waals surface area (Å²) in [6.45, 7) is 10.6. The van der Waals surface area contributed by atoms with Crippen LogP contribution in [0, 0.1) is 5.92 Å². The van der Waals surface area contributed by atoms with Crippen molar-refractivity contribution < 1.29 is 9.53 Å². The Balaban J connectivity index is 0. The topological polar surface area (TPSA) is 26.3 Å². The van der Waals surface area contributed by atoms with Crippen molar-refractivity contribution >= 4 is 5.97 Å². The average molecular weight is 202 g/mol. The molecule has 0 aromatic carbocycles. The van der Waals surface area contributed by atoms with Crippen LogP contribution in [0.5, 0.6) is 0 Å². The minimum Gasteiger partial charge on any atom is -0.466 e. The molecule has 0 N–H and O–H groups in total. The molecule has 0 saturated heterocycles. The van der Waals surface area contributed by atoms with E-state index in [1.807, 2.05) is 20.8 Å². The molecule has 0 spiro atoms. The molecule has 0 aliphatic heterocycles. The maximum Gasteiger partial charge on any atom is 0.306 e. The van der Waals surface area contributed by atoms with Crippen molar-refractivity contribution in [2.45, 2.75) is 60.3 Å². The quantitative estimate of drug-likeness (QED) is 0.612. The van der Waals surface area contributed by atoms with Gasteiger partial charge in [-0.25, -0.2) is 0 Å². The highest BCUT2D eigenvalue weighted by Gasteiger charge is 2.11. The first-order valence-electron chi connectivity index (χ1n) is 5.90. The van der Waals surface area contributed by atoms with Crippen molar-refractivity contribution in [2.75, 3.05) is 6.61 Å². The molecule has 86 valence electrons. The molecule has 0 rings (SSSR count). The van der Waals surface area contributed by atoms with Gasteiger partial charge in [-0.2, -0.15) is 0 Å². The second kappa shape index (κ2) is 12.5. The van der Waals surface area contributed by atoms with Gasteiger partial charge in [-0.05, 0) is 12.8 Å². The van der Waals surface area contributed by atoms with Crippen LogP contribution < -0.4 is 0 Å². The standard InChI is InChI=1S/C10H20O2.C2H6/c1-4-7-9(5-2)8-10(11)12-6-3;1-2/h9H,4-8H2,1-3H3;1-2H3. The Bertz CT molecular complexity index is 121. The molecule has 0 aliphatic rings. The molecule has 1 unspecified atom stereocenters. The third-order valence-corrected chi connectivity index (χ3v) is 2.03. The summed E-state index contributed by atoms with van der Waals surface area (Å²) in [5, 5.41) is 0. The summed E-state index contributed by atoms with van der Waals surface area (Å²) in [6.07, 6.45) is 3.96. The summed E-state index contributed by atoms with van der Waals surface area (Å²) in [7, 11) is 0. The van der Waals surface area contributed by atoms with E-state index >= 15 is 0 Å². The van der Waals surface area contributed by atoms with Gasteiger partial charge in [-0.15, -0.1) is 0 Å². The fraction of sp³-hybridized carbons (Fsp3) is 0.917. The van der Waals surface area contributed by atoms with E-state index in [4.69, 9.17) is 4.74 Å². The Kier molecular flexibility index (Phi) is 14.2. The Morgan fingerprint density at radius 3 is 2.14 bits per heavy atom. The second-order valence-corrected chi connectivity index (χ2v) is 3.07. The number of carbonyl (C=O) groups excluding carboxylic acids is 1. The minimum atomic E-state index is -0.0437. The lowest BCUT2D eigenvalue weighted by atomic mass is 9.97. The van der Waals surface area contributed by atoms with Crippen molar-refractivity contribution in [3.63, 3.8) is 0 Å². The van der Waals surface area contributed by atoms with E-state index in [-0.39, 0.29) is 5.97 Å². The third kappa shape index (κ3) is 9.56. The van der Waals surface area contributed by atoms with Crippen molar-refractivity contribution in [3.8, 4) is 0 Å². The molecule has 0 aliphatic carbocycles. The van der Waals surface area contributed by atoms with E-state index in [0.29, 0.717) is 18.9 Å². The Hall–Kier alpha value is -0.530. The summed E-state index contributed by atoms with van der Waals surface area (Å²) in [5.41, 5.74) is 0. The lowest BCUT2D eigenvalue weighted by Crippen LogP contribution is -2.10. The molecule has 14 heavy (non-hydrogen) atoms. The molecular weight excluding hydrogens is 176 g/mol. The van der Waals surface area contributed by atoms with Crippen LogP contribution in [-0.4, -0.2) is 12.6 Å². The second-order valence-electron chi connectivity index (χ2n) is 3.07.